The third-order valence-electron chi connectivity index (χ3n) is 2.57. The second-order valence-electron chi connectivity index (χ2n) is 5.72. The lowest BCUT2D eigenvalue weighted by Gasteiger charge is -2.28. The van der Waals surface area contributed by atoms with Gasteiger partial charge in [-0.15, -0.1) is 0 Å². The van der Waals surface area contributed by atoms with E-state index in [-0.39, 0.29) is 5.41 Å². The molecule has 0 aliphatic carbocycles. The number of hydrogen-bond acceptors (Lipinski definition) is 5. The maximum absolute atomic E-state index is 4.39. The number of rotatable bonds is 6. The van der Waals surface area contributed by atoms with Crippen molar-refractivity contribution in [2.75, 3.05) is 44.9 Å². The molecule has 0 unspecified atom stereocenters. The summed E-state index contributed by atoms with van der Waals surface area (Å²) >= 11 is 0. The molecule has 0 saturated carbocycles. The maximum atomic E-state index is 4.39. The van der Waals surface area contributed by atoms with Crippen molar-refractivity contribution in [2.45, 2.75) is 20.8 Å². The van der Waals surface area contributed by atoms with E-state index < -0.39 is 0 Å². The van der Waals surface area contributed by atoms with Gasteiger partial charge in [0.1, 0.15) is 5.82 Å². The molecule has 18 heavy (non-hydrogen) atoms. The first kappa shape index (κ1) is 14.7. The Morgan fingerprint density at radius 2 is 1.94 bits per heavy atom. The highest BCUT2D eigenvalue weighted by Crippen LogP contribution is 2.17. The fourth-order valence-corrected chi connectivity index (χ4v) is 2.01. The average Bonchev–Trinajstić information content (AvgIpc) is 2.24. The van der Waals surface area contributed by atoms with Crippen LogP contribution in [0.5, 0.6) is 0 Å². The third-order valence-corrected chi connectivity index (χ3v) is 2.57. The summed E-state index contributed by atoms with van der Waals surface area (Å²) in [6.07, 6.45) is 0. The monoisotopic (exact) mass is 251 g/mol. The van der Waals surface area contributed by atoms with Crippen LogP contribution in [0.2, 0.25) is 0 Å². The summed E-state index contributed by atoms with van der Waals surface area (Å²) in [4.78, 5) is 10.9. The van der Waals surface area contributed by atoms with Crippen molar-refractivity contribution in [2.24, 2.45) is 5.41 Å². The zero-order valence-corrected chi connectivity index (χ0v) is 12.3. The lowest BCUT2D eigenvalue weighted by atomic mass is 9.93. The summed E-state index contributed by atoms with van der Waals surface area (Å²) in [5.41, 5.74) is 1.16. The normalized spacial score (nSPS) is 11.7. The highest BCUT2D eigenvalue weighted by Gasteiger charge is 2.18. The van der Waals surface area contributed by atoms with Gasteiger partial charge in [-0.05, 0) is 26.4 Å². The molecule has 2 N–H and O–H groups in total. The van der Waals surface area contributed by atoms with E-state index >= 15 is 0 Å². The fraction of sp³-hybridized carbons (Fsp3) is 0.692. The summed E-state index contributed by atoms with van der Waals surface area (Å²) in [7, 11) is 6.01. The molecule has 1 rings (SSSR count). The van der Waals surface area contributed by atoms with Gasteiger partial charge in [0.15, 0.2) is 0 Å². The van der Waals surface area contributed by atoms with Crippen LogP contribution in [-0.2, 0) is 0 Å². The second-order valence-corrected chi connectivity index (χ2v) is 5.72. The zero-order chi connectivity index (χ0) is 13.8. The van der Waals surface area contributed by atoms with Crippen LogP contribution in [0, 0.1) is 12.3 Å². The number of hydrogen-bond donors (Lipinski definition) is 2. The van der Waals surface area contributed by atoms with Gasteiger partial charge in [-0.2, -0.15) is 4.98 Å². The topological polar surface area (TPSA) is 53.1 Å². The first-order chi connectivity index (χ1) is 8.32. The standard InChI is InChI=1S/C13H25N5/c1-10-7-11(17-12(14-4)16-10)15-8-13(2,3)9-18(5)6/h7H,8-9H2,1-6H3,(H2,14,15,16,17). The minimum atomic E-state index is 0.197. The van der Waals surface area contributed by atoms with Crippen LogP contribution in [0.15, 0.2) is 6.07 Å². The van der Waals surface area contributed by atoms with Crippen LogP contribution >= 0.6 is 0 Å². The van der Waals surface area contributed by atoms with E-state index in [1.54, 1.807) is 0 Å². The molecule has 0 aliphatic rings. The molecule has 0 aromatic carbocycles. The molecule has 0 spiro atoms. The summed E-state index contributed by atoms with van der Waals surface area (Å²) in [5.74, 6) is 1.53. The van der Waals surface area contributed by atoms with Crippen molar-refractivity contribution >= 4 is 11.8 Å². The molecule has 0 amide bonds. The molecule has 102 valence electrons. The Morgan fingerprint density at radius 1 is 1.28 bits per heavy atom. The molecule has 5 nitrogen and oxygen atoms in total. The molecule has 0 aliphatic heterocycles. The average molecular weight is 251 g/mol. The second kappa shape index (κ2) is 6.00. The van der Waals surface area contributed by atoms with Crippen LogP contribution < -0.4 is 10.6 Å². The van der Waals surface area contributed by atoms with Crippen LogP contribution in [0.1, 0.15) is 19.5 Å². The molecule has 0 radical (unpaired) electrons. The van der Waals surface area contributed by atoms with Gasteiger partial charge in [-0.1, -0.05) is 13.8 Å². The van der Waals surface area contributed by atoms with Crippen molar-refractivity contribution in [3.63, 3.8) is 0 Å². The molecule has 0 atom stereocenters. The fourth-order valence-electron chi connectivity index (χ4n) is 2.01. The molecule has 1 aromatic heterocycles. The Bertz CT molecular complexity index is 387. The van der Waals surface area contributed by atoms with Gasteiger partial charge in [0.05, 0.1) is 0 Å². The number of anilines is 2. The smallest absolute Gasteiger partial charge is 0.224 e. The summed E-state index contributed by atoms with van der Waals surface area (Å²) in [6, 6.07) is 1.96. The van der Waals surface area contributed by atoms with E-state index in [4.69, 9.17) is 0 Å². The van der Waals surface area contributed by atoms with Crippen molar-refractivity contribution in [3.05, 3.63) is 11.8 Å². The number of aryl methyl sites for hydroxylation is 1. The largest absolute Gasteiger partial charge is 0.369 e. The van der Waals surface area contributed by atoms with Gasteiger partial charge in [-0.25, -0.2) is 4.98 Å². The Hall–Kier alpha value is -1.36. The molecular weight excluding hydrogens is 226 g/mol. The summed E-state index contributed by atoms with van der Waals surface area (Å²) in [6.45, 7) is 8.37. The van der Waals surface area contributed by atoms with Gasteiger partial charge >= 0.3 is 0 Å². The van der Waals surface area contributed by atoms with Crippen LogP contribution in [0.3, 0.4) is 0 Å². The van der Waals surface area contributed by atoms with E-state index in [0.29, 0.717) is 5.95 Å². The van der Waals surface area contributed by atoms with Gasteiger partial charge in [0.25, 0.3) is 0 Å². The Morgan fingerprint density at radius 3 is 2.50 bits per heavy atom. The lowest BCUT2D eigenvalue weighted by molar-refractivity contribution is 0.254. The quantitative estimate of drug-likeness (QED) is 0.808. The van der Waals surface area contributed by atoms with E-state index in [1.807, 2.05) is 20.0 Å². The predicted octanol–water partition coefficient (Wildman–Crippen LogP) is 1.83. The Kier molecular flexibility index (Phi) is 4.90. The first-order valence-corrected chi connectivity index (χ1v) is 6.24. The molecule has 0 bridgehead atoms. The maximum Gasteiger partial charge on any atom is 0.224 e. The van der Waals surface area contributed by atoms with Gasteiger partial charge < -0.3 is 15.5 Å². The third kappa shape index (κ3) is 4.87. The van der Waals surface area contributed by atoms with Crippen LogP contribution in [0.4, 0.5) is 11.8 Å². The van der Waals surface area contributed by atoms with Gasteiger partial charge in [0, 0.05) is 31.9 Å². The van der Waals surface area contributed by atoms with Crippen molar-refractivity contribution in [3.8, 4) is 0 Å². The number of nitrogens with one attached hydrogen (secondary N) is 2. The van der Waals surface area contributed by atoms with Crippen LogP contribution in [-0.4, -0.2) is 49.1 Å². The van der Waals surface area contributed by atoms with Crippen molar-refractivity contribution in [1.29, 1.82) is 0 Å². The van der Waals surface area contributed by atoms with Crippen molar-refractivity contribution < 1.29 is 0 Å². The molecule has 1 aromatic rings. The lowest BCUT2D eigenvalue weighted by Crippen LogP contribution is -2.34. The van der Waals surface area contributed by atoms with Crippen molar-refractivity contribution in [1.82, 2.24) is 14.9 Å². The Labute approximate surface area is 110 Å². The van der Waals surface area contributed by atoms with Gasteiger partial charge in [-0.3, -0.25) is 0 Å². The molecule has 1 heterocycles. The summed E-state index contributed by atoms with van der Waals surface area (Å²) < 4.78 is 0. The molecule has 0 saturated heterocycles. The van der Waals surface area contributed by atoms with E-state index in [9.17, 15) is 0 Å². The minimum absolute atomic E-state index is 0.197. The zero-order valence-electron chi connectivity index (χ0n) is 12.3. The highest BCUT2D eigenvalue weighted by atomic mass is 15.1. The van der Waals surface area contributed by atoms with E-state index in [2.05, 4.69) is 53.4 Å². The summed E-state index contributed by atoms with van der Waals surface area (Å²) in [5, 5.41) is 6.36. The number of aromatic nitrogens is 2. The van der Waals surface area contributed by atoms with Crippen LogP contribution in [0.25, 0.3) is 0 Å². The first-order valence-electron chi connectivity index (χ1n) is 6.24. The van der Waals surface area contributed by atoms with E-state index in [0.717, 1.165) is 24.6 Å². The SMILES string of the molecule is CNc1nc(C)cc(NCC(C)(C)CN(C)C)n1. The minimum Gasteiger partial charge on any atom is -0.369 e. The Balaban J connectivity index is 2.65. The molecular formula is C13H25N5. The molecule has 0 fully saturated rings. The van der Waals surface area contributed by atoms with Gasteiger partial charge in [0.2, 0.25) is 5.95 Å². The molecule has 5 heteroatoms. The predicted molar refractivity (Wildman–Crippen MR) is 77.1 cm³/mol. The number of nitrogens with zero attached hydrogens (tertiary/aromatic N) is 3. The van der Waals surface area contributed by atoms with E-state index in [1.165, 1.54) is 0 Å². The highest BCUT2D eigenvalue weighted by molar-refractivity contribution is 5.41.